The molecule has 7 atom stereocenters. The second-order valence-electron chi connectivity index (χ2n) is 11.5. The van der Waals surface area contributed by atoms with Gasteiger partial charge in [-0.15, -0.1) is 0 Å². The lowest BCUT2D eigenvalue weighted by Gasteiger charge is -2.58. The van der Waals surface area contributed by atoms with Crippen LogP contribution in [0.2, 0.25) is 0 Å². The molecule has 5 aliphatic carbocycles. The van der Waals surface area contributed by atoms with Gasteiger partial charge in [-0.3, -0.25) is 4.79 Å². The summed E-state index contributed by atoms with van der Waals surface area (Å²) in [5.74, 6) is 1.73. The molecule has 0 radical (unpaired) electrons. The van der Waals surface area contributed by atoms with Crippen molar-refractivity contribution in [3.05, 3.63) is 11.6 Å². The van der Waals surface area contributed by atoms with Gasteiger partial charge in [-0.2, -0.15) is 0 Å². The number of allylic oxidation sites excluding steroid dienone is 1. The van der Waals surface area contributed by atoms with Crippen molar-refractivity contribution >= 4 is 12.1 Å². The normalized spacial score (nSPS) is 46.1. The van der Waals surface area contributed by atoms with Crippen LogP contribution in [0.1, 0.15) is 91.4 Å². The Bertz CT molecular complexity index is 765. The minimum atomic E-state index is -0.394. The number of rotatable bonds is 5. The Morgan fingerprint density at radius 2 is 1.87 bits per heavy atom. The smallest absolute Gasteiger partial charge is 0.168 e. The minimum absolute atomic E-state index is 0.170. The molecule has 0 bridgehead atoms. The average molecular weight is 429 g/mol. The second-order valence-corrected chi connectivity index (χ2v) is 11.5. The molecular weight excluding hydrogens is 388 g/mol. The number of hydrogen-bond donors (Lipinski definition) is 0. The van der Waals surface area contributed by atoms with Crippen LogP contribution in [0, 0.1) is 34.5 Å². The Morgan fingerprint density at radius 1 is 1.10 bits per heavy atom. The van der Waals surface area contributed by atoms with Crippen LogP contribution in [0.3, 0.4) is 0 Å². The lowest BCUT2D eigenvalue weighted by molar-refractivity contribution is -0.273. The van der Waals surface area contributed by atoms with E-state index in [4.69, 9.17) is 9.47 Å². The highest BCUT2D eigenvalue weighted by molar-refractivity contribution is 5.93. The van der Waals surface area contributed by atoms with Gasteiger partial charge in [0.25, 0.3) is 0 Å². The molecule has 0 aliphatic heterocycles. The van der Waals surface area contributed by atoms with E-state index in [0.717, 1.165) is 50.5 Å². The molecule has 4 nitrogen and oxygen atoms in total. The van der Waals surface area contributed by atoms with Crippen molar-refractivity contribution in [1.82, 2.24) is 0 Å². The molecule has 0 aromatic carbocycles. The molecular formula is C27H40O4. The zero-order chi connectivity index (χ0) is 21.9. The molecule has 0 saturated heterocycles. The summed E-state index contributed by atoms with van der Waals surface area (Å²) in [6.45, 7) is 7.51. The number of ether oxygens (including phenoxy) is 2. The van der Waals surface area contributed by atoms with Gasteiger partial charge < -0.3 is 14.3 Å². The zero-order valence-electron chi connectivity index (χ0n) is 19.7. The summed E-state index contributed by atoms with van der Waals surface area (Å²) in [6, 6.07) is 0. The molecule has 4 saturated carbocycles. The molecule has 0 aromatic rings. The van der Waals surface area contributed by atoms with E-state index in [2.05, 4.69) is 20.8 Å². The third kappa shape index (κ3) is 3.22. The fourth-order valence-electron chi connectivity index (χ4n) is 8.74. The molecule has 4 heteroatoms. The van der Waals surface area contributed by atoms with Gasteiger partial charge in [0, 0.05) is 25.9 Å². The monoisotopic (exact) mass is 428 g/mol. The first-order valence-electron chi connectivity index (χ1n) is 12.9. The van der Waals surface area contributed by atoms with Crippen LogP contribution in [0.15, 0.2) is 11.6 Å². The van der Waals surface area contributed by atoms with E-state index in [9.17, 15) is 9.59 Å². The third-order valence-electron chi connectivity index (χ3n) is 10.1. The Hall–Kier alpha value is -1.00. The molecule has 2 unspecified atom stereocenters. The molecule has 5 rings (SSSR count). The highest BCUT2D eigenvalue weighted by Gasteiger charge is 2.62. The summed E-state index contributed by atoms with van der Waals surface area (Å²) < 4.78 is 13.1. The van der Waals surface area contributed by atoms with Crippen LogP contribution in [0.5, 0.6) is 0 Å². The number of hydrogen-bond acceptors (Lipinski definition) is 4. The van der Waals surface area contributed by atoms with Gasteiger partial charge in [-0.25, -0.2) is 0 Å². The van der Waals surface area contributed by atoms with E-state index in [1.165, 1.54) is 25.5 Å². The molecule has 31 heavy (non-hydrogen) atoms. The number of carbonyl (C=O) groups is 2. The fraction of sp³-hybridized carbons (Fsp3) is 0.852. The molecule has 0 aromatic heterocycles. The molecule has 0 amide bonds. The Balaban J connectivity index is 1.42. The van der Waals surface area contributed by atoms with Crippen molar-refractivity contribution in [3.63, 3.8) is 0 Å². The topological polar surface area (TPSA) is 52.6 Å². The van der Waals surface area contributed by atoms with E-state index in [1.807, 2.05) is 6.08 Å². The fourth-order valence-corrected chi connectivity index (χ4v) is 8.74. The van der Waals surface area contributed by atoms with Crippen molar-refractivity contribution in [1.29, 1.82) is 0 Å². The number of aldehydes is 1. The summed E-state index contributed by atoms with van der Waals surface area (Å²) >= 11 is 0. The summed E-state index contributed by atoms with van der Waals surface area (Å²) in [7, 11) is 0. The maximum Gasteiger partial charge on any atom is 0.168 e. The summed E-state index contributed by atoms with van der Waals surface area (Å²) in [6.07, 6.45) is 14.7. The van der Waals surface area contributed by atoms with Crippen LogP contribution in [-0.4, -0.2) is 30.6 Å². The third-order valence-corrected chi connectivity index (χ3v) is 10.1. The summed E-state index contributed by atoms with van der Waals surface area (Å²) in [4.78, 5) is 24.8. The predicted octanol–water partition coefficient (Wildman–Crippen LogP) is 5.64. The lowest BCUT2D eigenvalue weighted by Crippen LogP contribution is -2.55. The second kappa shape index (κ2) is 7.80. The van der Waals surface area contributed by atoms with Crippen LogP contribution in [-0.2, 0) is 19.1 Å². The van der Waals surface area contributed by atoms with E-state index in [0.29, 0.717) is 36.7 Å². The van der Waals surface area contributed by atoms with Crippen molar-refractivity contribution in [2.45, 2.75) is 103 Å². The average Bonchev–Trinajstić information content (AvgIpc) is 3.34. The van der Waals surface area contributed by atoms with Crippen LogP contribution >= 0.6 is 0 Å². The highest BCUT2D eigenvalue weighted by atomic mass is 16.7. The Morgan fingerprint density at radius 3 is 2.58 bits per heavy atom. The van der Waals surface area contributed by atoms with Gasteiger partial charge in [-0.1, -0.05) is 19.4 Å². The number of carbonyl (C=O) groups excluding carboxylic acids is 2. The molecule has 0 heterocycles. The van der Waals surface area contributed by atoms with E-state index in [1.54, 1.807) is 0 Å². The zero-order valence-corrected chi connectivity index (χ0v) is 19.7. The first kappa shape index (κ1) is 21.8. The van der Waals surface area contributed by atoms with Gasteiger partial charge >= 0.3 is 0 Å². The number of fused-ring (bicyclic) bond motifs is 5. The first-order chi connectivity index (χ1) is 14.9. The molecule has 5 aliphatic rings. The van der Waals surface area contributed by atoms with Gasteiger partial charge in [-0.05, 0) is 93.5 Å². The Kier molecular flexibility index (Phi) is 5.49. The molecule has 172 valence electrons. The van der Waals surface area contributed by atoms with Gasteiger partial charge in [0.2, 0.25) is 0 Å². The van der Waals surface area contributed by atoms with Crippen molar-refractivity contribution < 1.29 is 19.1 Å². The predicted molar refractivity (Wildman–Crippen MR) is 119 cm³/mol. The van der Waals surface area contributed by atoms with Crippen molar-refractivity contribution in [2.75, 3.05) is 6.61 Å². The minimum Gasteiger partial charge on any atom is -0.350 e. The molecule has 0 spiro atoms. The van der Waals surface area contributed by atoms with E-state index < -0.39 is 5.41 Å². The van der Waals surface area contributed by atoms with Crippen LogP contribution in [0.25, 0.3) is 0 Å². The SMILES string of the molecule is CCOC1(OC2CC[C@H]3[C@@H]4CC(C)C5=CC(=O)CC[C@]5(C=O)[C@@H]4CC[C@]23C)CCCC1. The van der Waals surface area contributed by atoms with Crippen molar-refractivity contribution in [2.24, 2.45) is 34.5 Å². The standard InChI is InChI=1S/C27H40O4/c1-4-30-27(11-5-6-12-27)31-24-8-7-21-20-15-18(2)23-16-19(29)9-14-26(23,17-28)22(20)10-13-25(21,24)3/h16-18,20-22,24H,4-15H2,1-3H3/t18?,20-,21-,22+,24?,25-,26-/m0/s1. The maximum absolute atomic E-state index is 12.6. The van der Waals surface area contributed by atoms with E-state index in [-0.39, 0.29) is 23.1 Å². The van der Waals surface area contributed by atoms with Crippen molar-refractivity contribution in [3.8, 4) is 0 Å². The number of ketones is 1. The van der Waals surface area contributed by atoms with Crippen LogP contribution < -0.4 is 0 Å². The summed E-state index contributed by atoms with van der Waals surface area (Å²) in [5.41, 5.74) is 0.924. The van der Waals surface area contributed by atoms with Gasteiger partial charge in [0.05, 0.1) is 11.5 Å². The van der Waals surface area contributed by atoms with Gasteiger partial charge in [0.1, 0.15) is 6.29 Å². The largest absolute Gasteiger partial charge is 0.350 e. The Labute approximate surface area is 187 Å². The highest BCUT2D eigenvalue weighted by Crippen LogP contribution is 2.66. The quantitative estimate of drug-likeness (QED) is 0.420. The lowest BCUT2D eigenvalue weighted by atomic mass is 9.45. The maximum atomic E-state index is 12.6. The van der Waals surface area contributed by atoms with E-state index >= 15 is 0 Å². The summed E-state index contributed by atoms with van der Waals surface area (Å²) in [5, 5.41) is 0. The molecule has 4 fully saturated rings. The van der Waals surface area contributed by atoms with Gasteiger partial charge in [0.15, 0.2) is 11.6 Å². The molecule has 0 N–H and O–H groups in total. The van der Waals surface area contributed by atoms with Crippen LogP contribution in [0.4, 0.5) is 0 Å². The first-order valence-corrected chi connectivity index (χ1v) is 12.9.